The summed E-state index contributed by atoms with van der Waals surface area (Å²) < 4.78 is 24.4. The molecule has 1 amide bonds. The monoisotopic (exact) mass is 286 g/mol. The van der Waals surface area contributed by atoms with Gasteiger partial charge in [0.15, 0.2) is 5.82 Å². The van der Waals surface area contributed by atoms with Gasteiger partial charge >= 0.3 is 0 Å². The summed E-state index contributed by atoms with van der Waals surface area (Å²) in [5, 5.41) is 9.41. The van der Waals surface area contributed by atoms with Crippen molar-refractivity contribution in [2.45, 2.75) is 32.2 Å². The Morgan fingerprint density at radius 2 is 2.37 bits per heavy atom. The predicted octanol–water partition coefficient (Wildman–Crippen LogP) is 0.335. The molecule has 0 saturated carbocycles. The van der Waals surface area contributed by atoms with Crippen molar-refractivity contribution in [2.75, 3.05) is 18.1 Å². The van der Waals surface area contributed by atoms with Crippen molar-refractivity contribution in [1.29, 1.82) is 0 Å². The number of H-pyrrole nitrogens is 1. The average molecular weight is 286 g/mol. The van der Waals surface area contributed by atoms with Crippen LogP contribution in [-0.4, -0.2) is 47.7 Å². The summed E-state index contributed by atoms with van der Waals surface area (Å²) in [6.45, 7) is 2.37. The number of hydrogen-bond donors (Lipinski definition) is 2. The van der Waals surface area contributed by atoms with Gasteiger partial charge in [-0.05, 0) is 19.3 Å². The molecule has 2 heterocycles. The molecule has 106 valence electrons. The largest absolute Gasteiger partial charge is 0.308 e. The van der Waals surface area contributed by atoms with Crippen molar-refractivity contribution in [3.05, 3.63) is 11.8 Å². The van der Waals surface area contributed by atoms with Crippen LogP contribution >= 0.6 is 0 Å². The molecule has 0 aromatic carbocycles. The molecule has 0 aliphatic carbocycles. The first-order valence-corrected chi connectivity index (χ1v) is 8.08. The van der Waals surface area contributed by atoms with Crippen LogP contribution in [0, 0.1) is 0 Å². The van der Waals surface area contributed by atoms with Crippen LogP contribution in [-0.2, 0) is 21.2 Å². The molecule has 1 saturated heterocycles. The van der Waals surface area contributed by atoms with E-state index in [2.05, 4.69) is 15.5 Å². The number of nitrogens with zero attached hydrogens (tertiary/aromatic N) is 2. The highest BCUT2D eigenvalue weighted by atomic mass is 32.2. The maximum Gasteiger partial charge on any atom is 0.244 e. The topological polar surface area (TPSA) is 95.2 Å². The first kappa shape index (κ1) is 14.0. The van der Waals surface area contributed by atoms with Gasteiger partial charge in [0.05, 0.1) is 6.26 Å². The van der Waals surface area contributed by atoms with Gasteiger partial charge < -0.3 is 5.32 Å². The van der Waals surface area contributed by atoms with Crippen LogP contribution in [0.5, 0.6) is 0 Å². The normalized spacial score (nSPS) is 20.6. The van der Waals surface area contributed by atoms with Crippen LogP contribution in [0.1, 0.15) is 25.5 Å². The van der Waals surface area contributed by atoms with Crippen molar-refractivity contribution < 1.29 is 13.2 Å². The molecule has 1 aromatic heterocycles. The Balaban J connectivity index is 2.07. The minimum atomic E-state index is -3.34. The zero-order valence-corrected chi connectivity index (χ0v) is 11.8. The number of carbonyl (C=O) groups excluding carboxylic acids is 1. The zero-order chi connectivity index (χ0) is 14.0. The summed E-state index contributed by atoms with van der Waals surface area (Å²) >= 11 is 0. The molecule has 8 heteroatoms. The fraction of sp³-hybridized carbons (Fsp3) is 0.636. The molecular formula is C11H18N4O3S. The quantitative estimate of drug-likeness (QED) is 0.834. The van der Waals surface area contributed by atoms with Gasteiger partial charge in [-0.2, -0.15) is 9.40 Å². The van der Waals surface area contributed by atoms with E-state index in [0.29, 0.717) is 25.2 Å². The highest BCUT2D eigenvalue weighted by molar-refractivity contribution is 7.88. The van der Waals surface area contributed by atoms with Gasteiger partial charge in [0.1, 0.15) is 6.04 Å². The number of rotatable bonds is 4. The molecule has 0 bridgehead atoms. The summed E-state index contributed by atoms with van der Waals surface area (Å²) in [6.07, 6.45) is 3.17. The second-order valence-corrected chi connectivity index (χ2v) is 6.59. The Labute approximate surface area is 112 Å². The van der Waals surface area contributed by atoms with Crippen LogP contribution in [0.25, 0.3) is 0 Å². The Morgan fingerprint density at radius 1 is 1.63 bits per heavy atom. The van der Waals surface area contributed by atoms with E-state index in [9.17, 15) is 13.2 Å². The molecule has 1 fully saturated rings. The van der Waals surface area contributed by atoms with Crippen molar-refractivity contribution in [3.8, 4) is 0 Å². The SMILES string of the molecule is CCc1cc(NC(=O)C2CCCN2S(C)(=O)=O)n[nH]1. The third-order valence-electron chi connectivity index (χ3n) is 3.20. The predicted molar refractivity (Wildman–Crippen MR) is 71.2 cm³/mol. The van der Waals surface area contributed by atoms with Gasteiger partial charge in [-0.15, -0.1) is 0 Å². The maximum absolute atomic E-state index is 12.1. The third kappa shape index (κ3) is 3.13. The van der Waals surface area contributed by atoms with Crippen LogP contribution < -0.4 is 5.32 Å². The van der Waals surface area contributed by atoms with E-state index in [0.717, 1.165) is 18.4 Å². The molecular weight excluding hydrogens is 268 g/mol. The summed E-state index contributed by atoms with van der Waals surface area (Å²) in [5.41, 5.74) is 0.918. The summed E-state index contributed by atoms with van der Waals surface area (Å²) in [6, 6.07) is 1.12. The Bertz CT molecular complexity index is 566. The summed E-state index contributed by atoms with van der Waals surface area (Å²) in [7, 11) is -3.34. The molecule has 19 heavy (non-hydrogen) atoms. The van der Waals surface area contributed by atoms with Gasteiger partial charge in [0.25, 0.3) is 0 Å². The maximum atomic E-state index is 12.1. The molecule has 2 rings (SSSR count). The first-order valence-electron chi connectivity index (χ1n) is 6.23. The molecule has 2 N–H and O–H groups in total. The lowest BCUT2D eigenvalue weighted by atomic mass is 10.2. The Morgan fingerprint density at radius 3 is 2.95 bits per heavy atom. The zero-order valence-electron chi connectivity index (χ0n) is 11.0. The van der Waals surface area contributed by atoms with Crippen molar-refractivity contribution in [3.63, 3.8) is 0 Å². The number of amides is 1. The van der Waals surface area contributed by atoms with Crippen molar-refractivity contribution in [1.82, 2.24) is 14.5 Å². The second kappa shape index (κ2) is 5.30. The molecule has 7 nitrogen and oxygen atoms in total. The number of carbonyl (C=O) groups is 1. The van der Waals surface area contributed by atoms with Crippen molar-refractivity contribution in [2.24, 2.45) is 0 Å². The minimum absolute atomic E-state index is 0.322. The highest BCUT2D eigenvalue weighted by Gasteiger charge is 2.36. The van der Waals surface area contributed by atoms with E-state index >= 15 is 0 Å². The molecule has 0 radical (unpaired) electrons. The van der Waals surface area contributed by atoms with Gasteiger partial charge in [0.2, 0.25) is 15.9 Å². The molecule has 1 atom stereocenters. The van der Waals surface area contributed by atoms with E-state index < -0.39 is 16.1 Å². The number of hydrogen-bond acceptors (Lipinski definition) is 4. The standard InChI is InChI=1S/C11H18N4O3S/c1-3-8-7-10(14-13-8)12-11(16)9-5-4-6-15(9)19(2,17)18/h7,9H,3-6H2,1-2H3,(H2,12,13,14,16). The first-order chi connectivity index (χ1) is 8.91. The third-order valence-corrected chi connectivity index (χ3v) is 4.48. The molecule has 1 unspecified atom stereocenters. The van der Waals surface area contributed by atoms with Gasteiger partial charge in [-0.25, -0.2) is 8.42 Å². The molecule has 1 aliphatic heterocycles. The van der Waals surface area contributed by atoms with Crippen LogP contribution in [0.15, 0.2) is 6.07 Å². The number of aromatic nitrogens is 2. The van der Waals surface area contributed by atoms with Gasteiger partial charge in [-0.3, -0.25) is 9.89 Å². The minimum Gasteiger partial charge on any atom is -0.308 e. The van der Waals surface area contributed by atoms with E-state index in [1.807, 2.05) is 6.92 Å². The Kier molecular flexibility index (Phi) is 3.91. The van der Waals surface area contributed by atoms with Crippen LogP contribution in [0.4, 0.5) is 5.82 Å². The van der Waals surface area contributed by atoms with E-state index in [-0.39, 0.29) is 5.91 Å². The van der Waals surface area contributed by atoms with Crippen molar-refractivity contribution >= 4 is 21.7 Å². The fourth-order valence-electron chi connectivity index (χ4n) is 2.22. The summed E-state index contributed by atoms with van der Waals surface area (Å²) in [4.78, 5) is 12.1. The van der Waals surface area contributed by atoms with E-state index in [1.165, 1.54) is 4.31 Å². The lowest BCUT2D eigenvalue weighted by molar-refractivity contribution is -0.119. The molecule has 1 aliphatic rings. The average Bonchev–Trinajstić information content (AvgIpc) is 2.95. The van der Waals surface area contributed by atoms with Crippen LogP contribution in [0.3, 0.4) is 0 Å². The molecule has 1 aromatic rings. The highest BCUT2D eigenvalue weighted by Crippen LogP contribution is 2.21. The second-order valence-electron chi connectivity index (χ2n) is 4.65. The fourth-order valence-corrected chi connectivity index (χ4v) is 3.34. The van der Waals surface area contributed by atoms with Crippen LogP contribution in [0.2, 0.25) is 0 Å². The number of aryl methyl sites for hydroxylation is 1. The number of aromatic amines is 1. The number of sulfonamides is 1. The summed E-state index contributed by atoms with van der Waals surface area (Å²) in [5.74, 6) is 0.110. The lowest BCUT2D eigenvalue weighted by Crippen LogP contribution is -2.42. The van der Waals surface area contributed by atoms with Gasteiger partial charge in [-0.1, -0.05) is 6.92 Å². The molecule has 0 spiro atoms. The van der Waals surface area contributed by atoms with Gasteiger partial charge in [0, 0.05) is 18.3 Å². The number of anilines is 1. The van der Waals surface area contributed by atoms with E-state index in [4.69, 9.17) is 0 Å². The van der Waals surface area contributed by atoms with E-state index in [1.54, 1.807) is 6.07 Å². The Hall–Kier alpha value is -1.41. The smallest absolute Gasteiger partial charge is 0.244 e. The number of nitrogens with one attached hydrogen (secondary N) is 2. The lowest BCUT2D eigenvalue weighted by Gasteiger charge is -2.20.